The smallest absolute Gasteiger partial charge is 0.284 e. The summed E-state index contributed by atoms with van der Waals surface area (Å²) in [5, 5.41) is 20.8. The zero-order valence-electron chi connectivity index (χ0n) is 14.9. The van der Waals surface area contributed by atoms with Crippen LogP contribution in [0.25, 0.3) is 0 Å². The van der Waals surface area contributed by atoms with Crippen LogP contribution in [0.2, 0.25) is 0 Å². The minimum atomic E-state index is -0.486. The Balaban J connectivity index is 1.60. The third-order valence-corrected chi connectivity index (χ3v) is 6.51. The van der Waals surface area contributed by atoms with Gasteiger partial charge in [0.05, 0.1) is 9.82 Å². The van der Waals surface area contributed by atoms with Gasteiger partial charge in [-0.3, -0.25) is 14.9 Å². The van der Waals surface area contributed by atoms with Crippen molar-refractivity contribution in [2.24, 2.45) is 7.05 Å². The first-order valence-corrected chi connectivity index (χ1v) is 10.2. The molecule has 0 radical (unpaired) electrons. The van der Waals surface area contributed by atoms with Crippen molar-refractivity contribution in [3.63, 3.8) is 0 Å². The fourth-order valence-corrected chi connectivity index (χ4v) is 4.91. The number of anilines is 1. The molecule has 3 heterocycles. The Labute approximate surface area is 168 Å². The summed E-state index contributed by atoms with van der Waals surface area (Å²) in [6.07, 6.45) is 5.44. The molecule has 0 unspecified atom stereocenters. The number of aryl methyl sites for hydroxylation is 1. The van der Waals surface area contributed by atoms with Crippen molar-refractivity contribution in [2.75, 3.05) is 18.0 Å². The summed E-state index contributed by atoms with van der Waals surface area (Å²) in [7, 11) is 1.70. The first kappa shape index (κ1) is 18.6. The molecule has 1 aliphatic heterocycles. The number of nitro benzene ring substituents is 1. The van der Waals surface area contributed by atoms with Crippen molar-refractivity contribution in [2.45, 2.75) is 22.1 Å². The molecule has 144 valence electrons. The Morgan fingerprint density at radius 2 is 2.07 bits per heavy atom. The maximum Gasteiger partial charge on any atom is 0.284 e. The number of carbonyl (C=O) groups excluding carboxylic acids is 1. The molecule has 1 aliphatic rings. The molecule has 2 aromatic heterocycles. The summed E-state index contributed by atoms with van der Waals surface area (Å²) in [4.78, 5) is 30.3. The number of ketones is 1. The number of hydrogen-bond donors (Lipinski definition) is 0. The third-order valence-electron chi connectivity index (χ3n) is 4.41. The Morgan fingerprint density at radius 1 is 1.29 bits per heavy atom. The number of nitrogens with zero attached hydrogens (tertiary/aromatic N) is 6. The van der Waals surface area contributed by atoms with E-state index in [-0.39, 0.29) is 22.9 Å². The van der Waals surface area contributed by atoms with Crippen LogP contribution in [0.3, 0.4) is 0 Å². The van der Waals surface area contributed by atoms with E-state index in [0.717, 1.165) is 31.1 Å². The molecular formula is C17H16N6O3S2. The summed E-state index contributed by atoms with van der Waals surface area (Å²) in [5.41, 5.74) is 0.0864. The second-order valence-electron chi connectivity index (χ2n) is 6.28. The maximum absolute atomic E-state index is 12.6. The molecule has 1 fully saturated rings. The highest BCUT2D eigenvalue weighted by molar-refractivity contribution is 8.01. The van der Waals surface area contributed by atoms with Crippen LogP contribution in [0.1, 0.15) is 29.0 Å². The van der Waals surface area contributed by atoms with E-state index in [1.807, 2.05) is 0 Å². The van der Waals surface area contributed by atoms with E-state index in [1.54, 1.807) is 29.9 Å². The zero-order valence-corrected chi connectivity index (χ0v) is 16.6. The van der Waals surface area contributed by atoms with Gasteiger partial charge in [-0.05, 0) is 36.7 Å². The molecule has 0 bridgehead atoms. The monoisotopic (exact) mass is 416 g/mol. The summed E-state index contributed by atoms with van der Waals surface area (Å²) >= 11 is 2.61. The lowest BCUT2D eigenvalue weighted by Crippen LogP contribution is -2.17. The van der Waals surface area contributed by atoms with Crippen molar-refractivity contribution < 1.29 is 9.72 Å². The van der Waals surface area contributed by atoms with E-state index >= 15 is 0 Å². The SMILES string of the molecule is Cn1ccnc1C(=O)c1ccc(Sc2nnc(N3CCCC3)s2)c([N+](=O)[O-])c1. The fraction of sp³-hybridized carbons (Fsp3) is 0.294. The minimum absolute atomic E-state index is 0.136. The standard InChI is InChI=1S/C17H16N6O3S2/c1-21-9-6-18-15(21)14(24)11-4-5-13(12(10-11)23(25)26)27-17-20-19-16(28-17)22-7-2-3-8-22/h4-6,9-10H,2-3,7-8H2,1H3. The lowest BCUT2D eigenvalue weighted by molar-refractivity contribution is -0.387. The zero-order chi connectivity index (χ0) is 19.7. The predicted molar refractivity (Wildman–Crippen MR) is 105 cm³/mol. The molecule has 1 aromatic carbocycles. The molecule has 0 spiro atoms. The van der Waals surface area contributed by atoms with Gasteiger partial charge in [-0.2, -0.15) is 0 Å². The highest BCUT2D eigenvalue weighted by Gasteiger charge is 2.23. The van der Waals surface area contributed by atoms with Crippen LogP contribution in [0, 0.1) is 10.1 Å². The van der Waals surface area contributed by atoms with Crippen LogP contribution < -0.4 is 4.90 Å². The van der Waals surface area contributed by atoms with Gasteiger partial charge in [-0.1, -0.05) is 11.3 Å². The van der Waals surface area contributed by atoms with Gasteiger partial charge in [0.25, 0.3) is 5.69 Å². The molecule has 28 heavy (non-hydrogen) atoms. The largest absolute Gasteiger partial charge is 0.347 e. The molecule has 1 saturated heterocycles. The molecule has 0 atom stereocenters. The van der Waals surface area contributed by atoms with E-state index < -0.39 is 4.92 Å². The lowest BCUT2D eigenvalue weighted by atomic mass is 10.1. The Hall–Kier alpha value is -2.79. The Bertz CT molecular complexity index is 1040. The van der Waals surface area contributed by atoms with Crippen molar-refractivity contribution in [1.29, 1.82) is 0 Å². The quantitative estimate of drug-likeness (QED) is 0.343. The highest BCUT2D eigenvalue weighted by atomic mass is 32.2. The fourth-order valence-electron chi connectivity index (χ4n) is 2.98. The molecule has 0 N–H and O–H groups in total. The first-order chi connectivity index (χ1) is 13.5. The Kier molecular flexibility index (Phi) is 5.09. The van der Waals surface area contributed by atoms with Gasteiger partial charge in [0.1, 0.15) is 0 Å². The van der Waals surface area contributed by atoms with E-state index in [2.05, 4.69) is 20.1 Å². The predicted octanol–water partition coefficient (Wildman–Crippen LogP) is 3.16. The minimum Gasteiger partial charge on any atom is -0.347 e. The van der Waals surface area contributed by atoms with Crippen molar-refractivity contribution >= 4 is 39.7 Å². The van der Waals surface area contributed by atoms with E-state index in [1.165, 1.54) is 35.4 Å². The number of carbonyl (C=O) groups is 1. The molecule has 11 heteroatoms. The van der Waals surface area contributed by atoms with Crippen molar-refractivity contribution in [3.05, 3.63) is 52.1 Å². The number of nitro groups is 1. The molecule has 0 saturated carbocycles. The second kappa shape index (κ2) is 7.68. The van der Waals surface area contributed by atoms with E-state index in [0.29, 0.717) is 9.24 Å². The molecular weight excluding hydrogens is 400 g/mol. The van der Waals surface area contributed by atoms with Crippen molar-refractivity contribution in [3.8, 4) is 0 Å². The van der Waals surface area contributed by atoms with Gasteiger partial charge < -0.3 is 9.47 Å². The second-order valence-corrected chi connectivity index (χ2v) is 8.52. The van der Waals surface area contributed by atoms with Crippen LogP contribution in [-0.2, 0) is 7.05 Å². The Morgan fingerprint density at radius 3 is 2.75 bits per heavy atom. The average Bonchev–Trinajstić information content (AvgIpc) is 3.42. The van der Waals surface area contributed by atoms with Gasteiger partial charge >= 0.3 is 0 Å². The topological polar surface area (TPSA) is 107 Å². The van der Waals surface area contributed by atoms with Crippen LogP contribution in [0.5, 0.6) is 0 Å². The molecule has 9 nitrogen and oxygen atoms in total. The molecule has 0 amide bonds. The van der Waals surface area contributed by atoms with Gasteiger partial charge in [-0.15, -0.1) is 10.2 Å². The summed E-state index contributed by atoms with van der Waals surface area (Å²) < 4.78 is 2.21. The van der Waals surface area contributed by atoms with Crippen LogP contribution in [0.4, 0.5) is 10.8 Å². The number of hydrogen-bond acceptors (Lipinski definition) is 9. The summed E-state index contributed by atoms with van der Waals surface area (Å²) in [6.45, 7) is 1.92. The van der Waals surface area contributed by atoms with Gasteiger partial charge in [-0.25, -0.2) is 4.98 Å². The highest BCUT2D eigenvalue weighted by Crippen LogP contribution is 2.39. The maximum atomic E-state index is 12.6. The number of benzene rings is 1. The van der Waals surface area contributed by atoms with Crippen LogP contribution >= 0.6 is 23.1 Å². The number of aromatic nitrogens is 4. The molecule has 4 rings (SSSR count). The van der Waals surface area contributed by atoms with Gasteiger partial charge in [0.15, 0.2) is 10.2 Å². The van der Waals surface area contributed by atoms with Crippen LogP contribution in [-0.4, -0.2) is 43.5 Å². The number of rotatable bonds is 6. The first-order valence-electron chi connectivity index (χ1n) is 8.59. The summed E-state index contributed by atoms with van der Waals surface area (Å²) in [5.74, 6) is -0.131. The lowest BCUT2D eigenvalue weighted by Gasteiger charge is -2.10. The number of imidazole rings is 1. The third kappa shape index (κ3) is 3.62. The normalized spacial score (nSPS) is 13.8. The van der Waals surface area contributed by atoms with Gasteiger partial charge in [0, 0.05) is 44.2 Å². The van der Waals surface area contributed by atoms with E-state index in [4.69, 9.17) is 0 Å². The van der Waals surface area contributed by atoms with Gasteiger partial charge in [0.2, 0.25) is 10.9 Å². The molecule has 0 aliphatic carbocycles. The van der Waals surface area contributed by atoms with Crippen molar-refractivity contribution in [1.82, 2.24) is 19.7 Å². The van der Waals surface area contributed by atoms with Crippen LogP contribution in [0.15, 0.2) is 39.8 Å². The van der Waals surface area contributed by atoms with E-state index in [9.17, 15) is 14.9 Å². The molecule has 3 aromatic rings. The summed E-state index contributed by atoms with van der Waals surface area (Å²) in [6, 6.07) is 4.45. The average molecular weight is 416 g/mol.